The van der Waals surface area contributed by atoms with Gasteiger partial charge < -0.3 is 4.57 Å². The summed E-state index contributed by atoms with van der Waals surface area (Å²) in [4.78, 5) is 14.2. The number of aryl methyl sites for hydroxylation is 2. The van der Waals surface area contributed by atoms with Crippen LogP contribution in [0.5, 0.6) is 0 Å². The molecule has 108 valence electrons. The van der Waals surface area contributed by atoms with Gasteiger partial charge in [-0.05, 0) is 24.6 Å². The van der Waals surface area contributed by atoms with Crippen LogP contribution in [0.15, 0.2) is 35.6 Å². The molecule has 0 aliphatic rings. The third-order valence-electron chi connectivity index (χ3n) is 3.21. The molecular formula is C15H15FN4S. The number of imidazole rings is 1. The fraction of sp³-hybridized carbons (Fsp3) is 0.267. The van der Waals surface area contributed by atoms with Crippen LogP contribution in [0, 0.1) is 6.92 Å². The highest BCUT2D eigenvalue weighted by molar-refractivity contribution is 7.99. The van der Waals surface area contributed by atoms with E-state index in [4.69, 9.17) is 0 Å². The zero-order chi connectivity index (χ0) is 14.8. The Kier molecular flexibility index (Phi) is 3.88. The summed E-state index contributed by atoms with van der Waals surface area (Å²) < 4.78 is 14.4. The van der Waals surface area contributed by atoms with E-state index in [2.05, 4.69) is 15.0 Å². The van der Waals surface area contributed by atoms with Crippen LogP contribution in [0.4, 0.5) is 4.39 Å². The van der Waals surface area contributed by atoms with Crippen LogP contribution in [0.1, 0.15) is 5.56 Å². The standard InChI is InChI=1S/C15H15FN4S/c1-10-7-12-15(18-8-10)20(2)14(19-12)11-3-5-17-9-13(11)21-6-4-16/h3,5,7-9H,4,6H2,1-2H3. The summed E-state index contributed by atoms with van der Waals surface area (Å²) in [7, 11) is 1.94. The average Bonchev–Trinajstić information content (AvgIpc) is 2.81. The van der Waals surface area contributed by atoms with Gasteiger partial charge in [0.2, 0.25) is 0 Å². The molecule has 0 saturated carbocycles. The molecule has 0 aliphatic carbocycles. The SMILES string of the molecule is Cc1cnc2c(c1)nc(-c1ccncc1SCCF)n2C. The molecule has 3 heterocycles. The Morgan fingerprint density at radius 2 is 2.19 bits per heavy atom. The van der Waals surface area contributed by atoms with Crippen molar-refractivity contribution in [2.24, 2.45) is 7.05 Å². The Labute approximate surface area is 126 Å². The maximum atomic E-state index is 12.4. The molecule has 21 heavy (non-hydrogen) atoms. The van der Waals surface area contributed by atoms with E-state index in [1.807, 2.05) is 36.9 Å². The van der Waals surface area contributed by atoms with Crippen molar-refractivity contribution in [1.29, 1.82) is 0 Å². The van der Waals surface area contributed by atoms with E-state index in [9.17, 15) is 4.39 Å². The van der Waals surface area contributed by atoms with Crippen LogP contribution >= 0.6 is 11.8 Å². The van der Waals surface area contributed by atoms with Crippen LogP contribution in [-0.2, 0) is 7.05 Å². The number of thioether (sulfide) groups is 1. The van der Waals surface area contributed by atoms with E-state index in [-0.39, 0.29) is 6.67 Å². The minimum absolute atomic E-state index is 0.359. The fourth-order valence-corrected chi connectivity index (χ4v) is 2.99. The summed E-state index contributed by atoms with van der Waals surface area (Å²) in [5, 5.41) is 0. The number of hydrogen-bond acceptors (Lipinski definition) is 4. The van der Waals surface area contributed by atoms with Crippen molar-refractivity contribution in [3.05, 3.63) is 36.3 Å². The number of hydrogen-bond donors (Lipinski definition) is 0. The van der Waals surface area contributed by atoms with Gasteiger partial charge in [-0.3, -0.25) is 9.37 Å². The Balaban J connectivity index is 2.14. The number of fused-ring (bicyclic) bond motifs is 1. The van der Waals surface area contributed by atoms with Crippen molar-refractivity contribution >= 4 is 22.9 Å². The average molecular weight is 302 g/mol. The van der Waals surface area contributed by atoms with Crippen LogP contribution in [0.2, 0.25) is 0 Å². The normalized spacial score (nSPS) is 11.2. The first-order valence-electron chi connectivity index (χ1n) is 6.63. The molecule has 3 rings (SSSR count). The second-order valence-electron chi connectivity index (χ2n) is 4.76. The molecule has 0 fully saturated rings. The lowest BCUT2D eigenvalue weighted by molar-refractivity contribution is 0.533. The predicted octanol–water partition coefficient (Wildman–Crippen LogP) is 3.40. The molecule has 0 bridgehead atoms. The lowest BCUT2D eigenvalue weighted by Crippen LogP contribution is -1.96. The second-order valence-corrected chi connectivity index (χ2v) is 5.90. The van der Waals surface area contributed by atoms with E-state index >= 15 is 0 Å². The van der Waals surface area contributed by atoms with E-state index in [0.29, 0.717) is 5.75 Å². The van der Waals surface area contributed by atoms with Crippen molar-refractivity contribution < 1.29 is 4.39 Å². The molecule has 3 aromatic rings. The summed E-state index contributed by atoms with van der Waals surface area (Å²) in [6.07, 6.45) is 5.32. The number of pyridine rings is 2. The Morgan fingerprint density at radius 3 is 3.00 bits per heavy atom. The maximum Gasteiger partial charge on any atom is 0.160 e. The monoisotopic (exact) mass is 302 g/mol. The minimum atomic E-state index is -0.359. The zero-order valence-electron chi connectivity index (χ0n) is 11.9. The van der Waals surface area contributed by atoms with Crippen LogP contribution in [-0.4, -0.2) is 31.9 Å². The summed E-state index contributed by atoms with van der Waals surface area (Å²) in [6, 6.07) is 3.93. The van der Waals surface area contributed by atoms with E-state index in [1.54, 1.807) is 12.4 Å². The molecule has 0 spiro atoms. The highest BCUT2D eigenvalue weighted by Gasteiger charge is 2.14. The molecule has 3 aromatic heterocycles. The van der Waals surface area contributed by atoms with Gasteiger partial charge >= 0.3 is 0 Å². The van der Waals surface area contributed by atoms with Gasteiger partial charge in [-0.2, -0.15) is 0 Å². The molecule has 0 radical (unpaired) electrons. The first-order valence-corrected chi connectivity index (χ1v) is 7.61. The molecule has 4 nitrogen and oxygen atoms in total. The van der Waals surface area contributed by atoms with Gasteiger partial charge in [-0.25, -0.2) is 9.97 Å². The van der Waals surface area contributed by atoms with Gasteiger partial charge in [0.05, 0.1) is 6.67 Å². The molecule has 0 amide bonds. The van der Waals surface area contributed by atoms with Crippen molar-refractivity contribution in [3.8, 4) is 11.4 Å². The third kappa shape index (κ3) is 2.63. The second kappa shape index (κ2) is 5.81. The largest absolute Gasteiger partial charge is 0.312 e. The van der Waals surface area contributed by atoms with Gasteiger partial charge in [0.25, 0.3) is 0 Å². The first-order chi connectivity index (χ1) is 10.2. The Morgan fingerprint density at radius 1 is 1.33 bits per heavy atom. The fourth-order valence-electron chi connectivity index (χ4n) is 2.25. The van der Waals surface area contributed by atoms with Gasteiger partial charge in [-0.1, -0.05) is 0 Å². The maximum absolute atomic E-state index is 12.4. The molecule has 0 unspecified atom stereocenters. The van der Waals surface area contributed by atoms with Gasteiger partial charge in [0.1, 0.15) is 11.3 Å². The smallest absolute Gasteiger partial charge is 0.160 e. The number of rotatable bonds is 4. The Hall–Kier alpha value is -1.95. The van der Waals surface area contributed by atoms with Gasteiger partial charge in [-0.15, -0.1) is 11.8 Å². The number of alkyl halides is 1. The molecule has 0 aliphatic heterocycles. The highest BCUT2D eigenvalue weighted by Crippen LogP contribution is 2.31. The van der Waals surface area contributed by atoms with E-state index in [1.165, 1.54) is 11.8 Å². The number of halogens is 1. The lowest BCUT2D eigenvalue weighted by Gasteiger charge is -2.07. The predicted molar refractivity (Wildman–Crippen MR) is 83.2 cm³/mol. The third-order valence-corrected chi connectivity index (χ3v) is 4.20. The quantitative estimate of drug-likeness (QED) is 0.693. The van der Waals surface area contributed by atoms with Crippen molar-refractivity contribution in [2.45, 2.75) is 11.8 Å². The lowest BCUT2D eigenvalue weighted by atomic mass is 10.2. The van der Waals surface area contributed by atoms with Crippen LogP contribution in [0.25, 0.3) is 22.6 Å². The first kappa shape index (κ1) is 14.0. The van der Waals surface area contributed by atoms with Crippen molar-refractivity contribution in [2.75, 3.05) is 12.4 Å². The number of aromatic nitrogens is 4. The van der Waals surface area contributed by atoms with Crippen molar-refractivity contribution in [3.63, 3.8) is 0 Å². The van der Waals surface area contributed by atoms with Crippen LogP contribution < -0.4 is 0 Å². The highest BCUT2D eigenvalue weighted by atomic mass is 32.2. The molecule has 0 saturated heterocycles. The molecule has 0 aromatic carbocycles. The van der Waals surface area contributed by atoms with Gasteiger partial charge in [0.15, 0.2) is 5.65 Å². The summed E-state index contributed by atoms with van der Waals surface area (Å²) >= 11 is 1.45. The topological polar surface area (TPSA) is 43.6 Å². The Bertz CT molecular complexity index is 784. The summed E-state index contributed by atoms with van der Waals surface area (Å²) in [5.74, 6) is 1.24. The summed E-state index contributed by atoms with van der Waals surface area (Å²) in [6.45, 7) is 1.64. The zero-order valence-corrected chi connectivity index (χ0v) is 12.7. The van der Waals surface area contributed by atoms with Gasteiger partial charge in [0, 0.05) is 41.8 Å². The minimum Gasteiger partial charge on any atom is -0.312 e. The molecule has 0 N–H and O–H groups in total. The van der Waals surface area contributed by atoms with E-state index < -0.39 is 0 Å². The number of nitrogens with zero attached hydrogens (tertiary/aromatic N) is 4. The van der Waals surface area contributed by atoms with Crippen molar-refractivity contribution in [1.82, 2.24) is 19.5 Å². The van der Waals surface area contributed by atoms with Crippen LogP contribution in [0.3, 0.4) is 0 Å². The molecule has 6 heteroatoms. The molecule has 0 atom stereocenters. The van der Waals surface area contributed by atoms with E-state index in [0.717, 1.165) is 33.0 Å². The molecular weight excluding hydrogens is 287 g/mol. The summed E-state index contributed by atoms with van der Waals surface area (Å²) in [5.41, 5.74) is 3.75.